The zero-order valence-electron chi connectivity index (χ0n) is 19.6. The van der Waals surface area contributed by atoms with Gasteiger partial charge in [-0.2, -0.15) is 13.2 Å². The van der Waals surface area contributed by atoms with Gasteiger partial charge in [-0.15, -0.1) is 0 Å². The Bertz CT molecular complexity index is 1230. The quantitative estimate of drug-likeness (QED) is 0.466. The van der Waals surface area contributed by atoms with Gasteiger partial charge in [0.05, 0.1) is 19.2 Å². The molecule has 0 aliphatic carbocycles. The number of methoxy groups -OCH3 is 1. The summed E-state index contributed by atoms with van der Waals surface area (Å²) in [5.74, 6) is 0.492. The lowest BCUT2D eigenvalue weighted by atomic mass is 10.0. The minimum atomic E-state index is -4.31. The molecule has 2 aliphatic heterocycles. The van der Waals surface area contributed by atoms with Gasteiger partial charge >= 0.3 is 6.18 Å². The number of carbonyl (C=O) groups excluding carboxylic acids is 1. The average Bonchev–Trinajstić information content (AvgIpc) is 2.97. The molecule has 8 heteroatoms. The fourth-order valence-corrected chi connectivity index (χ4v) is 5.13. The number of alkyl halides is 3. The lowest BCUT2D eigenvalue weighted by Crippen LogP contribution is -2.31. The van der Waals surface area contributed by atoms with E-state index in [4.69, 9.17) is 4.74 Å². The van der Waals surface area contributed by atoms with Crippen LogP contribution in [-0.2, 0) is 6.54 Å². The molecule has 0 N–H and O–H groups in total. The molecule has 5 nitrogen and oxygen atoms in total. The van der Waals surface area contributed by atoms with Gasteiger partial charge in [-0.3, -0.25) is 9.69 Å². The monoisotopic (exact) mass is 483 g/mol. The van der Waals surface area contributed by atoms with Crippen molar-refractivity contribution in [2.75, 3.05) is 49.6 Å². The van der Waals surface area contributed by atoms with Crippen LogP contribution in [0.15, 0.2) is 54.6 Å². The lowest BCUT2D eigenvalue weighted by Gasteiger charge is -2.26. The number of ether oxygens (including phenoxy) is 1. The van der Waals surface area contributed by atoms with E-state index in [0.717, 1.165) is 61.4 Å². The van der Waals surface area contributed by atoms with Crippen LogP contribution in [-0.4, -0.2) is 56.8 Å². The first kappa shape index (κ1) is 23.5. The highest BCUT2D eigenvalue weighted by Gasteiger charge is 2.35. The third kappa shape index (κ3) is 4.80. The third-order valence-electron chi connectivity index (χ3n) is 6.88. The van der Waals surface area contributed by atoms with E-state index >= 15 is 0 Å². The van der Waals surface area contributed by atoms with Crippen molar-refractivity contribution < 1.29 is 22.7 Å². The van der Waals surface area contributed by atoms with Crippen molar-refractivity contribution in [3.8, 4) is 5.75 Å². The predicted molar refractivity (Wildman–Crippen MR) is 131 cm³/mol. The Balaban J connectivity index is 1.35. The van der Waals surface area contributed by atoms with E-state index in [2.05, 4.69) is 21.9 Å². The number of anilines is 2. The molecule has 2 heterocycles. The van der Waals surface area contributed by atoms with E-state index in [9.17, 15) is 18.0 Å². The molecular weight excluding hydrogens is 455 g/mol. The maximum atomic E-state index is 12.9. The summed E-state index contributed by atoms with van der Waals surface area (Å²) in [6, 6.07) is 17.4. The summed E-state index contributed by atoms with van der Waals surface area (Å²) in [6.45, 7) is 4.09. The zero-order valence-corrected chi connectivity index (χ0v) is 19.6. The fraction of sp³-hybridized carbons (Fsp3) is 0.370. The van der Waals surface area contributed by atoms with Crippen LogP contribution in [0.3, 0.4) is 0 Å². The molecule has 3 aromatic carbocycles. The van der Waals surface area contributed by atoms with Crippen molar-refractivity contribution in [2.45, 2.75) is 25.6 Å². The van der Waals surface area contributed by atoms with Crippen molar-refractivity contribution in [2.24, 2.45) is 0 Å². The Morgan fingerprint density at radius 2 is 1.69 bits per heavy atom. The maximum Gasteiger partial charge on any atom is 0.390 e. The molecule has 3 aromatic rings. The van der Waals surface area contributed by atoms with Crippen molar-refractivity contribution in [3.05, 3.63) is 65.7 Å². The second-order valence-corrected chi connectivity index (χ2v) is 9.12. The van der Waals surface area contributed by atoms with Crippen LogP contribution >= 0.6 is 0 Å². The molecule has 0 atom stereocenters. The van der Waals surface area contributed by atoms with Crippen LogP contribution in [0.1, 0.15) is 28.8 Å². The van der Waals surface area contributed by atoms with Gasteiger partial charge in [-0.1, -0.05) is 24.3 Å². The number of benzene rings is 3. The molecule has 0 radical (unpaired) electrons. The van der Waals surface area contributed by atoms with Crippen molar-refractivity contribution >= 4 is 28.1 Å². The Labute approximate surface area is 202 Å². The van der Waals surface area contributed by atoms with Crippen LogP contribution in [0.4, 0.5) is 24.5 Å². The molecule has 0 unspecified atom stereocenters. The van der Waals surface area contributed by atoms with Gasteiger partial charge in [0, 0.05) is 61.3 Å². The molecular formula is C27H28F3N3O2. The number of hydrogen-bond donors (Lipinski definition) is 0. The molecule has 0 spiro atoms. The molecule has 0 saturated carbocycles. The summed E-state index contributed by atoms with van der Waals surface area (Å²) in [6.07, 6.45) is -4.33. The van der Waals surface area contributed by atoms with Gasteiger partial charge < -0.3 is 14.5 Å². The van der Waals surface area contributed by atoms with E-state index in [1.807, 2.05) is 36.4 Å². The second kappa shape index (κ2) is 9.41. The van der Waals surface area contributed by atoms with Gasteiger partial charge in [0.2, 0.25) is 0 Å². The summed E-state index contributed by atoms with van der Waals surface area (Å²) >= 11 is 0. The lowest BCUT2D eigenvalue weighted by molar-refractivity contribution is -0.132. The summed E-state index contributed by atoms with van der Waals surface area (Å²) in [7, 11) is 1.66. The highest BCUT2D eigenvalue weighted by Crippen LogP contribution is 2.42. The molecule has 5 rings (SSSR count). The second-order valence-electron chi connectivity index (χ2n) is 9.12. The van der Waals surface area contributed by atoms with Gasteiger partial charge in [-0.25, -0.2) is 0 Å². The molecule has 1 amide bonds. The Hall–Kier alpha value is -3.26. The van der Waals surface area contributed by atoms with Crippen LogP contribution in [0.2, 0.25) is 0 Å². The maximum absolute atomic E-state index is 12.9. The standard InChI is InChI=1S/C27H28F3N3O2/c1-35-20-8-6-19(7-9-20)18-31-13-3-14-32(17-16-31)23-10-11-24-25-21(23)4-2-5-22(25)26(34)33(24)15-12-27(28,29)30/h2,4-11H,3,12-18H2,1H3. The summed E-state index contributed by atoms with van der Waals surface area (Å²) in [4.78, 5) is 19.0. The van der Waals surface area contributed by atoms with Gasteiger partial charge in [-0.05, 0) is 42.3 Å². The zero-order chi connectivity index (χ0) is 24.6. The number of nitrogens with zero attached hydrogens (tertiary/aromatic N) is 3. The molecule has 0 aromatic heterocycles. The molecule has 35 heavy (non-hydrogen) atoms. The van der Waals surface area contributed by atoms with Crippen LogP contribution in [0, 0.1) is 0 Å². The number of carbonyl (C=O) groups is 1. The molecule has 2 aliphatic rings. The highest BCUT2D eigenvalue weighted by molar-refractivity contribution is 6.26. The summed E-state index contributed by atoms with van der Waals surface area (Å²) < 4.78 is 43.8. The topological polar surface area (TPSA) is 36.0 Å². The highest BCUT2D eigenvalue weighted by atomic mass is 19.4. The summed E-state index contributed by atoms with van der Waals surface area (Å²) in [5.41, 5.74) is 3.33. The Kier molecular flexibility index (Phi) is 6.32. The number of amides is 1. The van der Waals surface area contributed by atoms with E-state index < -0.39 is 12.6 Å². The predicted octanol–water partition coefficient (Wildman–Crippen LogP) is 5.47. The normalized spacial score (nSPS) is 16.7. The average molecular weight is 484 g/mol. The number of hydrogen-bond acceptors (Lipinski definition) is 4. The molecule has 184 valence electrons. The Morgan fingerprint density at radius 1 is 0.914 bits per heavy atom. The van der Waals surface area contributed by atoms with E-state index in [-0.39, 0.29) is 12.5 Å². The Morgan fingerprint density at radius 3 is 2.43 bits per heavy atom. The van der Waals surface area contributed by atoms with Crippen LogP contribution in [0.25, 0.3) is 10.8 Å². The van der Waals surface area contributed by atoms with Crippen LogP contribution in [0.5, 0.6) is 5.75 Å². The first-order valence-corrected chi connectivity index (χ1v) is 11.9. The first-order chi connectivity index (χ1) is 16.8. The first-order valence-electron chi connectivity index (χ1n) is 11.9. The van der Waals surface area contributed by atoms with Gasteiger partial charge in [0.1, 0.15) is 5.75 Å². The van der Waals surface area contributed by atoms with Crippen molar-refractivity contribution in [1.82, 2.24) is 4.90 Å². The number of halogens is 3. The molecule has 0 bridgehead atoms. The van der Waals surface area contributed by atoms with Crippen molar-refractivity contribution in [1.29, 1.82) is 0 Å². The number of rotatable bonds is 6. The fourth-order valence-electron chi connectivity index (χ4n) is 5.13. The SMILES string of the molecule is COc1ccc(CN2CCCN(c3ccc4c5c(cccc35)C(=O)N4CCC(F)(F)F)CC2)cc1. The van der Waals surface area contributed by atoms with E-state index in [1.165, 1.54) is 10.5 Å². The third-order valence-corrected chi connectivity index (χ3v) is 6.88. The molecule has 1 fully saturated rings. The van der Waals surface area contributed by atoms with Crippen molar-refractivity contribution in [3.63, 3.8) is 0 Å². The molecule has 1 saturated heterocycles. The largest absolute Gasteiger partial charge is 0.497 e. The van der Waals surface area contributed by atoms with Gasteiger partial charge in [0.25, 0.3) is 5.91 Å². The van der Waals surface area contributed by atoms with Crippen LogP contribution < -0.4 is 14.5 Å². The minimum Gasteiger partial charge on any atom is -0.497 e. The van der Waals surface area contributed by atoms with E-state index in [0.29, 0.717) is 11.3 Å². The summed E-state index contributed by atoms with van der Waals surface area (Å²) in [5, 5.41) is 1.68. The van der Waals surface area contributed by atoms with Gasteiger partial charge in [0.15, 0.2) is 0 Å². The smallest absolute Gasteiger partial charge is 0.390 e. The van der Waals surface area contributed by atoms with E-state index in [1.54, 1.807) is 13.2 Å². The minimum absolute atomic E-state index is 0.353.